The summed E-state index contributed by atoms with van der Waals surface area (Å²) < 4.78 is 20.5. The molecule has 0 aliphatic heterocycles. The zero-order valence-corrected chi connectivity index (χ0v) is 11.6. The molecule has 0 saturated carbocycles. The number of ketones is 2. The van der Waals surface area contributed by atoms with E-state index in [1.165, 1.54) is 34.5 Å². The van der Waals surface area contributed by atoms with Gasteiger partial charge in [-0.05, 0) is 17.7 Å². The van der Waals surface area contributed by atoms with Crippen molar-refractivity contribution in [2.24, 2.45) is 0 Å². The van der Waals surface area contributed by atoms with Crippen LogP contribution in [0.15, 0.2) is 11.8 Å². The van der Waals surface area contributed by atoms with Crippen LogP contribution in [-0.2, 0) is 9.53 Å². The van der Waals surface area contributed by atoms with E-state index in [4.69, 9.17) is 18.9 Å². The van der Waals surface area contributed by atoms with Crippen LogP contribution in [-0.4, -0.2) is 40.0 Å². The summed E-state index contributed by atoms with van der Waals surface area (Å²) >= 11 is 0. The Balaban J connectivity index is 2.80. The lowest BCUT2D eigenvalue weighted by molar-refractivity contribution is -0.114. The largest absolute Gasteiger partial charge is 0.493 e. The fourth-order valence-corrected chi connectivity index (χ4v) is 2.11. The molecule has 1 aliphatic carbocycles. The van der Waals surface area contributed by atoms with Crippen molar-refractivity contribution >= 4 is 17.6 Å². The van der Waals surface area contributed by atoms with Gasteiger partial charge >= 0.3 is 0 Å². The molecule has 0 spiro atoms. The SMILES string of the molecule is COC1=Cc2cc(OC)c(OC)c(OC)c2C(=O)C1=O. The van der Waals surface area contributed by atoms with E-state index in [1.807, 2.05) is 0 Å². The van der Waals surface area contributed by atoms with Gasteiger partial charge in [-0.2, -0.15) is 0 Å². The number of methoxy groups -OCH3 is 4. The lowest BCUT2D eigenvalue weighted by Crippen LogP contribution is -2.23. The minimum absolute atomic E-state index is 0.0169. The number of allylic oxidation sites excluding steroid dienone is 1. The fraction of sp³-hybridized carbons (Fsp3) is 0.286. The Labute approximate surface area is 115 Å². The molecule has 0 fully saturated rings. The summed E-state index contributed by atoms with van der Waals surface area (Å²) in [6, 6.07) is 1.60. The molecule has 0 saturated heterocycles. The third-order valence-corrected chi connectivity index (χ3v) is 3.02. The molecular weight excluding hydrogens is 264 g/mol. The Morgan fingerprint density at radius 2 is 1.45 bits per heavy atom. The topological polar surface area (TPSA) is 71.1 Å². The van der Waals surface area contributed by atoms with Gasteiger partial charge in [0.1, 0.15) is 0 Å². The molecule has 0 radical (unpaired) electrons. The zero-order chi connectivity index (χ0) is 14.9. The summed E-state index contributed by atoms with van der Waals surface area (Å²) in [5.41, 5.74) is 0.636. The van der Waals surface area contributed by atoms with Crippen molar-refractivity contribution in [3.05, 3.63) is 23.0 Å². The van der Waals surface area contributed by atoms with E-state index in [1.54, 1.807) is 6.07 Å². The highest BCUT2D eigenvalue weighted by atomic mass is 16.5. The second-order valence-corrected chi connectivity index (χ2v) is 3.98. The Hall–Kier alpha value is -2.50. The second-order valence-electron chi connectivity index (χ2n) is 3.98. The first-order valence-corrected chi connectivity index (χ1v) is 5.76. The highest BCUT2D eigenvalue weighted by molar-refractivity contribution is 6.51. The predicted octanol–water partition coefficient (Wildman–Crippen LogP) is 1.47. The summed E-state index contributed by atoms with van der Waals surface area (Å²) in [6.45, 7) is 0. The fourth-order valence-electron chi connectivity index (χ4n) is 2.11. The first-order valence-electron chi connectivity index (χ1n) is 5.76. The zero-order valence-electron chi connectivity index (χ0n) is 11.6. The Morgan fingerprint density at radius 3 is 1.95 bits per heavy atom. The summed E-state index contributed by atoms with van der Waals surface area (Å²) in [4.78, 5) is 24.1. The van der Waals surface area contributed by atoms with Crippen LogP contribution >= 0.6 is 0 Å². The third-order valence-electron chi connectivity index (χ3n) is 3.02. The average Bonchev–Trinajstić information content (AvgIpc) is 2.48. The highest BCUT2D eigenvalue weighted by Crippen LogP contribution is 2.44. The van der Waals surface area contributed by atoms with Crippen molar-refractivity contribution in [1.82, 2.24) is 0 Å². The maximum Gasteiger partial charge on any atom is 0.268 e. The normalized spacial score (nSPS) is 13.5. The summed E-state index contributed by atoms with van der Waals surface area (Å²) in [5.74, 6) is -0.591. The van der Waals surface area contributed by atoms with Crippen LogP contribution in [0.4, 0.5) is 0 Å². The van der Waals surface area contributed by atoms with Gasteiger partial charge in [0.2, 0.25) is 11.5 Å². The van der Waals surface area contributed by atoms with Gasteiger partial charge in [0, 0.05) is 0 Å². The van der Waals surface area contributed by atoms with E-state index in [0.717, 1.165) is 0 Å². The van der Waals surface area contributed by atoms with Crippen LogP contribution in [0.5, 0.6) is 17.2 Å². The molecule has 0 heterocycles. The average molecular weight is 278 g/mol. The van der Waals surface area contributed by atoms with Crippen LogP contribution in [0.3, 0.4) is 0 Å². The van der Waals surface area contributed by atoms with Crippen LogP contribution < -0.4 is 14.2 Å². The van der Waals surface area contributed by atoms with E-state index in [0.29, 0.717) is 11.3 Å². The molecule has 6 nitrogen and oxygen atoms in total. The Bertz CT molecular complexity index is 615. The molecule has 1 aromatic rings. The minimum Gasteiger partial charge on any atom is -0.493 e. The molecule has 1 aromatic carbocycles. The van der Waals surface area contributed by atoms with E-state index in [2.05, 4.69) is 0 Å². The van der Waals surface area contributed by atoms with Gasteiger partial charge in [0.05, 0.1) is 34.0 Å². The molecule has 0 unspecified atom stereocenters. The third kappa shape index (κ3) is 1.89. The molecule has 106 valence electrons. The van der Waals surface area contributed by atoms with Gasteiger partial charge in [-0.15, -0.1) is 0 Å². The number of rotatable bonds is 4. The van der Waals surface area contributed by atoms with Crippen LogP contribution in [0, 0.1) is 0 Å². The van der Waals surface area contributed by atoms with Gasteiger partial charge in [-0.3, -0.25) is 9.59 Å². The van der Waals surface area contributed by atoms with E-state index >= 15 is 0 Å². The molecule has 1 aliphatic rings. The summed E-state index contributed by atoms with van der Waals surface area (Å²) in [7, 11) is 5.63. The molecule has 0 aromatic heterocycles. The van der Waals surface area contributed by atoms with Gasteiger partial charge in [0.25, 0.3) is 5.78 Å². The number of carbonyl (C=O) groups is 2. The molecule has 0 atom stereocenters. The van der Waals surface area contributed by atoms with Crippen molar-refractivity contribution in [3.63, 3.8) is 0 Å². The van der Waals surface area contributed by atoms with Gasteiger partial charge in [0.15, 0.2) is 17.3 Å². The maximum absolute atomic E-state index is 12.2. The predicted molar refractivity (Wildman–Crippen MR) is 70.4 cm³/mol. The van der Waals surface area contributed by atoms with Gasteiger partial charge < -0.3 is 18.9 Å². The molecule has 0 amide bonds. The smallest absolute Gasteiger partial charge is 0.268 e. The summed E-state index contributed by atoms with van der Waals surface area (Å²) in [6.07, 6.45) is 1.48. The van der Waals surface area contributed by atoms with Crippen molar-refractivity contribution < 1.29 is 28.5 Å². The van der Waals surface area contributed by atoms with E-state index < -0.39 is 11.6 Å². The number of fused-ring (bicyclic) bond motifs is 1. The Kier molecular flexibility index (Phi) is 3.65. The standard InChI is InChI=1S/C14H14O6/c1-17-8-5-7-6-9(18-2)13(19-3)14(20-4)10(7)12(16)11(8)15/h5-6H,1-4H3. The quantitative estimate of drug-likeness (QED) is 0.777. The molecular formula is C14H14O6. The highest BCUT2D eigenvalue weighted by Gasteiger charge is 2.34. The Morgan fingerprint density at radius 1 is 0.800 bits per heavy atom. The van der Waals surface area contributed by atoms with Crippen LogP contribution in [0.25, 0.3) is 6.08 Å². The van der Waals surface area contributed by atoms with Gasteiger partial charge in [-0.25, -0.2) is 0 Å². The number of hydrogen-bond acceptors (Lipinski definition) is 6. The number of carbonyl (C=O) groups excluding carboxylic acids is 2. The van der Waals surface area contributed by atoms with Crippen molar-refractivity contribution in [2.75, 3.05) is 28.4 Å². The first-order chi connectivity index (χ1) is 9.58. The molecule has 6 heteroatoms. The van der Waals surface area contributed by atoms with Crippen LogP contribution in [0.1, 0.15) is 15.9 Å². The van der Waals surface area contributed by atoms with E-state index in [-0.39, 0.29) is 22.8 Å². The van der Waals surface area contributed by atoms with E-state index in [9.17, 15) is 9.59 Å². The number of benzene rings is 1. The number of hydrogen-bond donors (Lipinski definition) is 0. The number of Topliss-reactive ketones (excluding diaryl/α,β-unsaturated/α-hetero) is 2. The minimum atomic E-state index is -0.717. The molecule has 0 N–H and O–H groups in total. The monoisotopic (exact) mass is 278 g/mol. The van der Waals surface area contributed by atoms with Crippen molar-refractivity contribution in [3.8, 4) is 17.2 Å². The van der Waals surface area contributed by atoms with Gasteiger partial charge in [-0.1, -0.05) is 0 Å². The number of ether oxygens (including phenoxy) is 4. The van der Waals surface area contributed by atoms with Crippen molar-refractivity contribution in [2.45, 2.75) is 0 Å². The lowest BCUT2D eigenvalue weighted by Gasteiger charge is -2.20. The first kappa shape index (κ1) is 13.9. The lowest BCUT2D eigenvalue weighted by atomic mass is 9.92. The maximum atomic E-state index is 12.2. The molecule has 20 heavy (non-hydrogen) atoms. The van der Waals surface area contributed by atoms with Crippen molar-refractivity contribution in [1.29, 1.82) is 0 Å². The van der Waals surface area contributed by atoms with Crippen LogP contribution in [0.2, 0.25) is 0 Å². The molecule has 2 rings (SSSR count). The molecule has 0 bridgehead atoms. The summed E-state index contributed by atoms with van der Waals surface area (Å²) in [5, 5.41) is 0. The second kappa shape index (κ2) is 5.24.